The quantitative estimate of drug-likeness (QED) is 0.625. The number of benzene rings is 1. The first kappa shape index (κ1) is 20.1. The van der Waals surface area contributed by atoms with Crippen LogP contribution in [-0.2, 0) is 11.2 Å². The third kappa shape index (κ3) is 6.30. The highest BCUT2D eigenvalue weighted by molar-refractivity contribution is 5.79. The van der Waals surface area contributed by atoms with E-state index in [0.717, 1.165) is 18.4 Å². The van der Waals surface area contributed by atoms with Crippen LogP contribution >= 0.6 is 0 Å². The van der Waals surface area contributed by atoms with Crippen molar-refractivity contribution in [2.75, 3.05) is 21.3 Å². The van der Waals surface area contributed by atoms with Crippen molar-refractivity contribution in [3.8, 4) is 17.2 Å². The average molecular weight is 337 g/mol. The molecule has 0 fully saturated rings. The number of amides is 1. The highest BCUT2D eigenvalue weighted by Gasteiger charge is 2.15. The summed E-state index contributed by atoms with van der Waals surface area (Å²) in [6.45, 7) is 4.25. The molecule has 0 radical (unpaired) electrons. The summed E-state index contributed by atoms with van der Waals surface area (Å²) in [5.41, 5.74) is 0.834. The molecule has 5 heteroatoms. The molecule has 0 saturated carbocycles. The van der Waals surface area contributed by atoms with E-state index in [1.165, 1.54) is 19.3 Å². The van der Waals surface area contributed by atoms with Crippen LogP contribution in [-0.4, -0.2) is 33.3 Å². The summed E-state index contributed by atoms with van der Waals surface area (Å²) in [5, 5.41) is 3.06. The minimum atomic E-state index is 0.00673. The van der Waals surface area contributed by atoms with Gasteiger partial charge in [0.1, 0.15) is 0 Å². The second-order valence-corrected chi connectivity index (χ2v) is 6.03. The number of unbranched alkanes of at least 4 members (excludes halogenated alkanes) is 3. The van der Waals surface area contributed by atoms with Gasteiger partial charge in [0.05, 0.1) is 27.8 Å². The highest BCUT2D eigenvalue weighted by atomic mass is 16.5. The van der Waals surface area contributed by atoms with E-state index in [1.54, 1.807) is 21.3 Å². The van der Waals surface area contributed by atoms with Crippen molar-refractivity contribution in [1.82, 2.24) is 5.32 Å². The molecule has 5 nitrogen and oxygen atoms in total. The lowest BCUT2D eigenvalue weighted by Crippen LogP contribution is -2.33. The molecule has 0 bridgehead atoms. The maximum Gasteiger partial charge on any atom is 0.224 e. The van der Waals surface area contributed by atoms with E-state index in [9.17, 15) is 4.79 Å². The van der Waals surface area contributed by atoms with Gasteiger partial charge in [-0.25, -0.2) is 0 Å². The van der Waals surface area contributed by atoms with Gasteiger partial charge in [-0.3, -0.25) is 4.79 Å². The molecule has 0 aromatic heterocycles. The molecule has 1 aromatic carbocycles. The van der Waals surface area contributed by atoms with Crippen LogP contribution in [0.2, 0.25) is 0 Å². The third-order valence-corrected chi connectivity index (χ3v) is 3.99. The van der Waals surface area contributed by atoms with E-state index in [2.05, 4.69) is 19.2 Å². The normalized spacial score (nSPS) is 11.7. The molecule has 0 aliphatic rings. The first-order valence-electron chi connectivity index (χ1n) is 8.63. The number of hydrogen-bond donors (Lipinski definition) is 1. The topological polar surface area (TPSA) is 56.8 Å². The fraction of sp³-hybridized carbons (Fsp3) is 0.632. The average Bonchev–Trinajstić information content (AvgIpc) is 2.57. The Morgan fingerprint density at radius 2 is 1.67 bits per heavy atom. The fourth-order valence-electron chi connectivity index (χ4n) is 2.70. The number of carbonyl (C=O) groups excluding carboxylic acids is 1. The molecular weight excluding hydrogens is 306 g/mol. The van der Waals surface area contributed by atoms with Gasteiger partial charge in [0, 0.05) is 6.04 Å². The van der Waals surface area contributed by atoms with Crippen molar-refractivity contribution in [1.29, 1.82) is 0 Å². The van der Waals surface area contributed by atoms with Crippen LogP contribution in [0.25, 0.3) is 0 Å². The summed E-state index contributed by atoms with van der Waals surface area (Å²) < 4.78 is 15.9. The summed E-state index contributed by atoms with van der Waals surface area (Å²) in [4.78, 5) is 12.2. The van der Waals surface area contributed by atoms with Gasteiger partial charge in [-0.15, -0.1) is 0 Å². The molecule has 0 spiro atoms. The molecule has 0 aliphatic carbocycles. The Morgan fingerprint density at radius 1 is 1.04 bits per heavy atom. The summed E-state index contributed by atoms with van der Waals surface area (Å²) in [6.07, 6.45) is 6.16. The van der Waals surface area contributed by atoms with Gasteiger partial charge in [-0.05, 0) is 31.0 Å². The summed E-state index contributed by atoms with van der Waals surface area (Å²) in [7, 11) is 4.70. The third-order valence-electron chi connectivity index (χ3n) is 3.99. The van der Waals surface area contributed by atoms with Crippen LogP contribution in [0, 0.1) is 0 Å². The molecule has 1 unspecified atom stereocenters. The number of rotatable bonds is 11. The van der Waals surface area contributed by atoms with Crippen molar-refractivity contribution in [3.05, 3.63) is 17.7 Å². The van der Waals surface area contributed by atoms with Crippen LogP contribution < -0.4 is 19.5 Å². The molecule has 0 aliphatic heterocycles. The molecule has 1 N–H and O–H groups in total. The van der Waals surface area contributed by atoms with E-state index in [-0.39, 0.29) is 18.4 Å². The SMILES string of the molecule is CCCCCCC(C)NC(=O)Cc1cc(OC)c(OC)c(OC)c1. The lowest BCUT2D eigenvalue weighted by Gasteiger charge is -2.16. The van der Waals surface area contributed by atoms with Crippen molar-refractivity contribution >= 4 is 5.91 Å². The Labute approximate surface area is 145 Å². The maximum atomic E-state index is 12.2. The molecule has 1 rings (SSSR count). The van der Waals surface area contributed by atoms with Gasteiger partial charge >= 0.3 is 0 Å². The molecule has 0 saturated heterocycles. The second-order valence-electron chi connectivity index (χ2n) is 6.03. The largest absolute Gasteiger partial charge is 0.493 e. The predicted octanol–water partition coefficient (Wildman–Crippen LogP) is 3.73. The summed E-state index contributed by atoms with van der Waals surface area (Å²) in [6, 6.07) is 3.82. The number of nitrogens with one attached hydrogen (secondary N) is 1. The first-order valence-corrected chi connectivity index (χ1v) is 8.63. The van der Waals surface area contributed by atoms with E-state index >= 15 is 0 Å². The monoisotopic (exact) mass is 337 g/mol. The van der Waals surface area contributed by atoms with Gasteiger partial charge in [0.25, 0.3) is 0 Å². The smallest absolute Gasteiger partial charge is 0.224 e. The van der Waals surface area contributed by atoms with Crippen molar-refractivity contribution < 1.29 is 19.0 Å². The number of ether oxygens (including phenoxy) is 3. The molecule has 136 valence electrons. The van der Waals surface area contributed by atoms with Crippen molar-refractivity contribution in [2.24, 2.45) is 0 Å². The molecule has 1 atom stereocenters. The molecule has 1 aromatic rings. The minimum Gasteiger partial charge on any atom is -0.493 e. The molecule has 0 heterocycles. The zero-order valence-electron chi connectivity index (χ0n) is 15.6. The Balaban J connectivity index is 2.63. The van der Waals surface area contributed by atoms with Crippen LogP contribution in [0.5, 0.6) is 17.2 Å². The van der Waals surface area contributed by atoms with Crippen molar-refractivity contribution in [2.45, 2.75) is 58.4 Å². The summed E-state index contributed by atoms with van der Waals surface area (Å²) in [5.74, 6) is 1.67. The Kier molecular flexibility index (Phi) is 9.05. The predicted molar refractivity (Wildman–Crippen MR) is 96.2 cm³/mol. The van der Waals surface area contributed by atoms with E-state index in [4.69, 9.17) is 14.2 Å². The number of carbonyl (C=O) groups is 1. The van der Waals surface area contributed by atoms with Gasteiger partial charge < -0.3 is 19.5 Å². The van der Waals surface area contributed by atoms with E-state index in [0.29, 0.717) is 17.2 Å². The van der Waals surface area contributed by atoms with Gasteiger partial charge in [-0.2, -0.15) is 0 Å². The Hall–Kier alpha value is -1.91. The zero-order chi connectivity index (χ0) is 17.9. The van der Waals surface area contributed by atoms with Crippen LogP contribution in [0.3, 0.4) is 0 Å². The van der Waals surface area contributed by atoms with E-state index in [1.807, 2.05) is 12.1 Å². The number of methoxy groups -OCH3 is 3. The minimum absolute atomic E-state index is 0.00673. The summed E-state index contributed by atoms with van der Waals surface area (Å²) >= 11 is 0. The maximum absolute atomic E-state index is 12.2. The zero-order valence-corrected chi connectivity index (χ0v) is 15.6. The Bertz CT molecular complexity index is 491. The van der Waals surface area contributed by atoms with Gasteiger partial charge in [0.2, 0.25) is 11.7 Å². The lowest BCUT2D eigenvalue weighted by atomic mass is 10.1. The van der Waals surface area contributed by atoms with Crippen molar-refractivity contribution in [3.63, 3.8) is 0 Å². The standard InChI is InChI=1S/C19H31NO4/c1-6-7-8-9-10-14(2)20-18(21)13-15-11-16(22-3)19(24-5)17(12-15)23-4/h11-12,14H,6-10,13H2,1-5H3,(H,20,21). The molecule has 24 heavy (non-hydrogen) atoms. The highest BCUT2D eigenvalue weighted by Crippen LogP contribution is 2.38. The van der Waals surface area contributed by atoms with Crippen LogP contribution in [0.4, 0.5) is 0 Å². The fourth-order valence-corrected chi connectivity index (χ4v) is 2.70. The Morgan fingerprint density at radius 3 is 2.17 bits per heavy atom. The van der Waals surface area contributed by atoms with E-state index < -0.39 is 0 Å². The first-order chi connectivity index (χ1) is 11.5. The molecule has 1 amide bonds. The van der Waals surface area contributed by atoms with Gasteiger partial charge in [0.15, 0.2) is 11.5 Å². The lowest BCUT2D eigenvalue weighted by molar-refractivity contribution is -0.121. The number of hydrogen-bond acceptors (Lipinski definition) is 4. The van der Waals surface area contributed by atoms with Gasteiger partial charge in [-0.1, -0.05) is 32.6 Å². The van der Waals surface area contributed by atoms with Crippen LogP contribution in [0.1, 0.15) is 51.5 Å². The second kappa shape index (κ2) is 10.8. The van der Waals surface area contributed by atoms with Crippen LogP contribution in [0.15, 0.2) is 12.1 Å². The molecular formula is C19H31NO4.